The molecule has 0 bridgehead atoms. The van der Waals surface area contributed by atoms with Gasteiger partial charge in [-0.05, 0) is 25.7 Å². The van der Waals surface area contributed by atoms with E-state index < -0.39 is 17.6 Å². The van der Waals surface area contributed by atoms with E-state index in [9.17, 15) is 14.7 Å². The van der Waals surface area contributed by atoms with Gasteiger partial charge in [0.2, 0.25) is 5.91 Å². The van der Waals surface area contributed by atoms with Crippen LogP contribution in [-0.4, -0.2) is 40.0 Å². The molecule has 18 heavy (non-hydrogen) atoms. The highest BCUT2D eigenvalue weighted by Gasteiger charge is 2.49. The van der Waals surface area contributed by atoms with Gasteiger partial charge >= 0.3 is 5.97 Å². The molecule has 0 saturated carbocycles. The second-order valence-electron chi connectivity index (χ2n) is 5.03. The van der Waals surface area contributed by atoms with Crippen molar-refractivity contribution in [3.05, 3.63) is 0 Å². The summed E-state index contributed by atoms with van der Waals surface area (Å²) >= 11 is 0. The maximum Gasteiger partial charge on any atom is 0.329 e. The summed E-state index contributed by atoms with van der Waals surface area (Å²) in [5, 5.41) is 9.41. The van der Waals surface area contributed by atoms with Gasteiger partial charge in [-0.25, -0.2) is 4.79 Å². The predicted molar refractivity (Wildman–Crippen MR) is 69.1 cm³/mol. The predicted octanol–water partition coefficient (Wildman–Crippen LogP) is 1.36. The van der Waals surface area contributed by atoms with Crippen LogP contribution in [0.5, 0.6) is 0 Å². The Labute approximate surface area is 108 Å². The van der Waals surface area contributed by atoms with Gasteiger partial charge in [-0.1, -0.05) is 26.7 Å². The average molecular weight is 256 g/mol. The molecule has 0 aromatic rings. The molecule has 1 saturated heterocycles. The van der Waals surface area contributed by atoms with Crippen LogP contribution in [0.4, 0.5) is 0 Å². The minimum absolute atomic E-state index is 0.204. The van der Waals surface area contributed by atoms with Gasteiger partial charge in [0, 0.05) is 6.54 Å². The van der Waals surface area contributed by atoms with Gasteiger partial charge in [-0.2, -0.15) is 0 Å². The van der Waals surface area contributed by atoms with E-state index in [-0.39, 0.29) is 5.91 Å². The van der Waals surface area contributed by atoms with E-state index in [1.807, 2.05) is 13.8 Å². The molecule has 1 heterocycles. The number of nitrogens with two attached hydrogens (primary N) is 1. The zero-order valence-electron chi connectivity index (χ0n) is 11.3. The van der Waals surface area contributed by atoms with Gasteiger partial charge in [0.25, 0.3) is 0 Å². The molecular weight excluding hydrogens is 232 g/mol. The SMILES string of the molecule is CCCCC(N)C(=O)N1CCCC1(CC)C(=O)O. The molecular formula is C13H24N2O3. The number of carboxylic acid groups (broad SMARTS) is 1. The van der Waals surface area contributed by atoms with Crippen molar-refractivity contribution in [3.63, 3.8) is 0 Å². The quantitative estimate of drug-likeness (QED) is 0.751. The smallest absolute Gasteiger partial charge is 0.329 e. The molecule has 104 valence electrons. The van der Waals surface area contributed by atoms with Crippen LogP contribution >= 0.6 is 0 Å². The molecule has 1 aliphatic heterocycles. The topological polar surface area (TPSA) is 83.6 Å². The van der Waals surface area contributed by atoms with Crippen LogP contribution in [0.2, 0.25) is 0 Å². The van der Waals surface area contributed by atoms with Gasteiger partial charge in [0.1, 0.15) is 5.54 Å². The first-order valence-electron chi connectivity index (χ1n) is 6.80. The number of carbonyl (C=O) groups excluding carboxylic acids is 1. The third-order valence-corrected chi connectivity index (χ3v) is 3.92. The highest BCUT2D eigenvalue weighted by Crippen LogP contribution is 2.33. The fourth-order valence-electron chi connectivity index (χ4n) is 2.69. The second-order valence-corrected chi connectivity index (χ2v) is 5.03. The molecule has 5 nitrogen and oxygen atoms in total. The molecule has 1 amide bonds. The van der Waals surface area contributed by atoms with Crippen molar-refractivity contribution in [3.8, 4) is 0 Å². The second kappa shape index (κ2) is 6.18. The molecule has 0 aromatic carbocycles. The van der Waals surface area contributed by atoms with E-state index in [4.69, 9.17) is 5.73 Å². The lowest BCUT2D eigenvalue weighted by Gasteiger charge is -2.35. The van der Waals surface area contributed by atoms with Crippen LogP contribution in [0.3, 0.4) is 0 Å². The molecule has 1 aliphatic rings. The Balaban J connectivity index is 2.80. The summed E-state index contributed by atoms with van der Waals surface area (Å²) in [6.07, 6.45) is 4.23. The number of hydrogen-bond donors (Lipinski definition) is 2. The van der Waals surface area contributed by atoms with Crippen LogP contribution in [0, 0.1) is 0 Å². The Morgan fingerprint density at radius 1 is 1.44 bits per heavy atom. The minimum atomic E-state index is -1.03. The number of aliphatic carboxylic acids is 1. The fraction of sp³-hybridized carbons (Fsp3) is 0.846. The summed E-state index contributed by atoms with van der Waals surface area (Å²) in [6.45, 7) is 4.37. The molecule has 0 aliphatic carbocycles. The monoisotopic (exact) mass is 256 g/mol. The van der Waals surface area contributed by atoms with E-state index in [1.165, 1.54) is 4.90 Å². The first-order valence-corrected chi connectivity index (χ1v) is 6.80. The molecule has 1 fully saturated rings. The molecule has 0 aromatic heterocycles. The zero-order chi connectivity index (χ0) is 13.8. The first-order chi connectivity index (χ1) is 8.49. The summed E-state index contributed by atoms with van der Waals surface area (Å²) in [7, 11) is 0. The number of amides is 1. The summed E-state index contributed by atoms with van der Waals surface area (Å²) in [4.78, 5) is 25.2. The molecule has 1 rings (SSSR count). The van der Waals surface area contributed by atoms with Gasteiger partial charge < -0.3 is 15.7 Å². The normalized spacial score (nSPS) is 25.2. The number of hydrogen-bond acceptors (Lipinski definition) is 3. The van der Waals surface area contributed by atoms with Crippen molar-refractivity contribution < 1.29 is 14.7 Å². The molecule has 0 spiro atoms. The van der Waals surface area contributed by atoms with E-state index >= 15 is 0 Å². The lowest BCUT2D eigenvalue weighted by molar-refractivity contribution is -0.157. The summed E-state index contributed by atoms with van der Waals surface area (Å²) < 4.78 is 0. The Bertz CT molecular complexity index is 319. The van der Waals surface area contributed by atoms with Crippen molar-refractivity contribution in [1.82, 2.24) is 4.90 Å². The van der Waals surface area contributed by atoms with Crippen molar-refractivity contribution in [2.75, 3.05) is 6.54 Å². The highest BCUT2D eigenvalue weighted by atomic mass is 16.4. The van der Waals surface area contributed by atoms with Gasteiger partial charge in [-0.15, -0.1) is 0 Å². The summed E-state index contributed by atoms with van der Waals surface area (Å²) in [5.74, 6) is -1.11. The first kappa shape index (κ1) is 15.0. The van der Waals surface area contributed by atoms with E-state index in [2.05, 4.69) is 0 Å². The number of carboxylic acids is 1. The standard InChI is InChI=1S/C13H24N2O3/c1-3-5-7-10(14)11(16)15-9-6-8-13(15,4-2)12(17)18/h10H,3-9,14H2,1-2H3,(H,17,18). The zero-order valence-corrected chi connectivity index (χ0v) is 11.3. The molecule has 2 unspecified atom stereocenters. The van der Waals surface area contributed by atoms with Gasteiger partial charge in [-0.3, -0.25) is 4.79 Å². The Hall–Kier alpha value is -1.10. The Morgan fingerprint density at radius 3 is 2.61 bits per heavy atom. The van der Waals surface area contributed by atoms with Crippen LogP contribution in [-0.2, 0) is 9.59 Å². The number of nitrogens with zero attached hydrogens (tertiary/aromatic N) is 1. The van der Waals surface area contributed by atoms with E-state index in [1.54, 1.807) is 0 Å². The fourth-order valence-corrected chi connectivity index (χ4v) is 2.69. The lowest BCUT2D eigenvalue weighted by atomic mass is 9.92. The van der Waals surface area contributed by atoms with Crippen LogP contribution in [0.25, 0.3) is 0 Å². The van der Waals surface area contributed by atoms with Crippen molar-refractivity contribution >= 4 is 11.9 Å². The third kappa shape index (κ3) is 2.66. The number of unbranched alkanes of at least 4 members (excludes halogenated alkanes) is 1. The van der Waals surface area contributed by atoms with Crippen molar-refractivity contribution in [2.24, 2.45) is 5.73 Å². The largest absolute Gasteiger partial charge is 0.479 e. The molecule has 0 radical (unpaired) electrons. The number of carbonyl (C=O) groups is 2. The Kier molecular flexibility index (Phi) is 5.14. The van der Waals surface area contributed by atoms with Crippen LogP contribution in [0.15, 0.2) is 0 Å². The van der Waals surface area contributed by atoms with Gasteiger partial charge in [0.15, 0.2) is 0 Å². The van der Waals surface area contributed by atoms with E-state index in [0.717, 1.165) is 19.3 Å². The molecule has 3 N–H and O–H groups in total. The van der Waals surface area contributed by atoms with Crippen LogP contribution < -0.4 is 5.73 Å². The van der Waals surface area contributed by atoms with E-state index in [0.29, 0.717) is 25.8 Å². The average Bonchev–Trinajstić information content (AvgIpc) is 2.79. The van der Waals surface area contributed by atoms with Crippen molar-refractivity contribution in [1.29, 1.82) is 0 Å². The number of likely N-dealkylation sites (tertiary alicyclic amines) is 1. The summed E-state index contributed by atoms with van der Waals surface area (Å²) in [5.41, 5.74) is 4.85. The summed E-state index contributed by atoms with van der Waals surface area (Å²) in [6, 6.07) is -0.562. The van der Waals surface area contributed by atoms with Crippen molar-refractivity contribution in [2.45, 2.75) is 64.0 Å². The highest BCUT2D eigenvalue weighted by molar-refractivity contribution is 5.90. The molecule has 2 atom stereocenters. The van der Waals surface area contributed by atoms with Crippen LogP contribution in [0.1, 0.15) is 52.4 Å². The maximum atomic E-state index is 12.3. The molecule has 5 heteroatoms. The maximum absolute atomic E-state index is 12.3. The Morgan fingerprint density at radius 2 is 2.11 bits per heavy atom. The number of rotatable bonds is 6. The minimum Gasteiger partial charge on any atom is -0.479 e. The lowest BCUT2D eigenvalue weighted by Crippen LogP contribution is -2.56. The van der Waals surface area contributed by atoms with Gasteiger partial charge in [0.05, 0.1) is 6.04 Å². The third-order valence-electron chi connectivity index (χ3n) is 3.92.